The number of nitrogens with one attached hydrogen (secondary N) is 3. The standard InChI is InChI=1S/C10H15N.C9H11F.C9H12.C8H10FN.C8H13NS.C7H12N2S/c1-9(2)11-8-10-6-4-3-5-7-10;1-7(2)8-3-5-9(10)6-4-8;1-8(2)9-6-4-3-5-7-9;1-6(2)7-4-3-5-8(9)10-7;1-7(2)9-6-8-4-3-5-10-8;1-6(2)9-5-7-8-3-4-10-7/h3-7,9,11H,8H2,1-2H3;3-7H,1-2H3;3-8H,1-2H3;3-6H,1-2H3;3-5,7,9H,6H2,1-2H3;3-4,6,9H,5H2,1-2H3/i;10-1;;9-1;;. The van der Waals surface area contributed by atoms with E-state index in [0.717, 1.165) is 30.3 Å². The molecule has 0 atom stereocenters. The monoisotopic (exact) mass is 856 g/mol. The summed E-state index contributed by atoms with van der Waals surface area (Å²) in [5, 5.41) is 15.3. The maximum absolute atomic E-state index is 12.4. The molecule has 0 radical (unpaired) electrons. The van der Waals surface area contributed by atoms with Crippen molar-refractivity contribution in [2.45, 2.75) is 139 Å². The Morgan fingerprint density at radius 1 is 0.483 bits per heavy atom. The molecule has 328 valence electrons. The first-order valence-electron chi connectivity index (χ1n) is 21.1. The van der Waals surface area contributed by atoms with Crippen LogP contribution in [0, 0.1) is 11.8 Å². The van der Waals surface area contributed by atoms with Crippen LogP contribution in [0.5, 0.6) is 0 Å². The Bertz CT molecular complexity index is 1790. The third-order valence-electron chi connectivity index (χ3n) is 8.30. The Morgan fingerprint density at radius 2 is 1.02 bits per heavy atom. The number of rotatable bonds is 12. The second-order valence-corrected chi connectivity index (χ2v) is 17.9. The van der Waals surface area contributed by atoms with Crippen molar-refractivity contribution in [1.82, 2.24) is 25.9 Å². The van der Waals surface area contributed by atoms with Crippen LogP contribution in [0.25, 0.3) is 0 Å². The number of halogens is 2. The molecule has 0 saturated heterocycles. The molecular formula is C51H73F2N5S2. The zero-order valence-corrected chi connectivity index (χ0v) is 39.9. The number of nitrogens with zero attached hydrogens (tertiary/aromatic N) is 2. The Morgan fingerprint density at radius 3 is 1.45 bits per heavy atom. The molecule has 0 aliphatic carbocycles. The summed E-state index contributed by atoms with van der Waals surface area (Å²) in [6.07, 6.45) is 1.84. The summed E-state index contributed by atoms with van der Waals surface area (Å²) in [6.45, 7) is 28.3. The molecular weight excluding hydrogens is 783 g/mol. The van der Waals surface area contributed by atoms with E-state index in [2.05, 4.69) is 161 Å². The van der Waals surface area contributed by atoms with Crippen molar-refractivity contribution < 1.29 is 8.78 Å². The van der Waals surface area contributed by atoms with Gasteiger partial charge in [-0.3, -0.25) is 0 Å². The number of pyridine rings is 1. The zero-order valence-electron chi connectivity index (χ0n) is 38.3. The van der Waals surface area contributed by atoms with Crippen LogP contribution >= 0.6 is 22.7 Å². The summed E-state index contributed by atoms with van der Waals surface area (Å²) in [6, 6.07) is 38.4. The van der Waals surface area contributed by atoms with Crippen molar-refractivity contribution in [3.63, 3.8) is 0 Å². The van der Waals surface area contributed by atoms with Gasteiger partial charge in [0.15, 0.2) is 0 Å². The molecule has 0 amide bonds. The lowest BCUT2D eigenvalue weighted by molar-refractivity contribution is 0.571. The Kier molecular flexibility index (Phi) is 29.3. The zero-order chi connectivity index (χ0) is 44.7. The van der Waals surface area contributed by atoms with E-state index in [0.29, 0.717) is 35.9 Å². The van der Waals surface area contributed by atoms with Crippen LogP contribution < -0.4 is 16.0 Å². The van der Waals surface area contributed by atoms with Gasteiger partial charge in [0.25, 0.3) is 0 Å². The number of thiazole rings is 1. The molecule has 60 heavy (non-hydrogen) atoms. The smallest absolute Gasteiger partial charge is 0.213 e. The van der Waals surface area contributed by atoms with Gasteiger partial charge < -0.3 is 16.0 Å². The largest absolute Gasteiger partial charge is 0.310 e. The Hall–Kier alpha value is -4.12. The lowest BCUT2D eigenvalue weighted by atomic mass is 10.0. The van der Waals surface area contributed by atoms with Crippen LogP contribution in [0.15, 0.2) is 132 Å². The van der Waals surface area contributed by atoms with Gasteiger partial charge in [-0.1, -0.05) is 168 Å². The third-order valence-corrected chi connectivity index (χ3v) is 9.95. The second kappa shape index (κ2) is 32.6. The fourth-order valence-electron chi connectivity index (χ4n) is 4.70. The Balaban J connectivity index is 0.000000360. The van der Waals surface area contributed by atoms with Crippen molar-refractivity contribution in [2.24, 2.45) is 0 Å². The molecule has 0 spiro atoms. The minimum Gasteiger partial charge on any atom is -0.310 e. The van der Waals surface area contributed by atoms with Crippen molar-refractivity contribution in [1.29, 1.82) is 0 Å². The van der Waals surface area contributed by atoms with E-state index >= 15 is 0 Å². The van der Waals surface area contributed by atoms with Crippen LogP contribution in [0.1, 0.15) is 133 Å². The van der Waals surface area contributed by atoms with E-state index in [-0.39, 0.29) is 5.82 Å². The van der Waals surface area contributed by atoms with E-state index in [9.17, 15) is 8.78 Å². The SMILES string of the molecule is CC(C)NCc1ccccc1.CC(C)NCc1cccs1.CC(C)NCc1nccs1.CC(C)c1ccc([18F])cc1.CC(C)c1cccc([18F])n1.CC(C)c1ccccc1. The number of benzene rings is 3. The number of thiophene rings is 1. The Labute approximate surface area is 370 Å². The lowest BCUT2D eigenvalue weighted by Crippen LogP contribution is -2.21. The van der Waals surface area contributed by atoms with Crippen molar-refractivity contribution in [3.05, 3.63) is 176 Å². The molecule has 0 fully saturated rings. The molecule has 3 heterocycles. The van der Waals surface area contributed by atoms with E-state index in [1.165, 1.54) is 39.8 Å². The first-order chi connectivity index (χ1) is 28.6. The molecule has 9 heteroatoms. The van der Waals surface area contributed by atoms with Gasteiger partial charge in [-0.25, -0.2) is 14.4 Å². The summed E-state index contributed by atoms with van der Waals surface area (Å²) in [4.78, 5) is 9.26. The second-order valence-electron chi connectivity index (χ2n) is 15.9. The van der Waals surface area contributed by atoms with Gasteiger partial charge in [0.2, 0.25) is 5.95 Å². The topological polar surface area (TPSA) is 61.9 Å². The van der Waals surface area contributed by atoms with Crippen molar-refractivity contribution in [2.75, 3.05) is 0 Å². The summed E-state index contributed by atoms with van der Waals surface area (Å²) in [7, 11) is 0. The van der Waals surface area contributed by atoms with Crippen LogP contribution in [0.4, 0.5) is 8.78 Å². The van der Waals surface area contributed by atoms with Crippen LogP contribution in [0.3, 0.4) is 0 Å². The summed E-state index contributed by atoms with van der Waals surface area (Å²) in [5.41, 5.74) is 4.75. The molecule has 0 unspecified atom stereocenters. The molecule has 3 N–H and O–H groups in total. The molecule has 6 aromatic rings. The summed E-state index contributed by atoms with van der Waals surface area (Å²) in [5.74, 6) is 0.887. The molecule has 0 aliphatic heterocycles. The maximum Gasteiger partial charge on any atom is 0.213 e. The fraction of sp³-hybridized carbons (Fsp3) is 0.412. The maximum atomic E-state index is 12.4. The predicted molar refractivity (Wildman–Crippen MR) is 258 cm³/mol. The summed E-state index contributed by atoms with van der Waals surface area (Å²) >= 11 is 3.49. The normalized spacial score (nSPS) is 10.5. The number of hydrogen-bond acceptors (Lipinski definition) is 7. The first kappa shape index (κ1) is 53.9. The first-order valence-corrected chi connectivity index (χ1v) is 22.9. The highest BCUT2D eigenvalue weighted by Crippen LogP contribution is 2.14. The van der Waals surface area contributed by atoms with Crippen molar-refractivity contribution in [3.8, 4) is 0 Å². The molecule has 5 nitrogen and oxygen atoms in total. The number of hydrogen-bond donors (Lipinski definition) is 3. The van der Waals surface area contributed by atoms with E-state index < -0.39 is 5.95 Å². The highest BCUT2D eigenvalue weighted by Gasteiger charge is 2.01. The van der Waals surface area contributed by atoms with E-state index in [1.807, 2.05) is 55.8 Å². The predicted octanol–water partition coefficient (Wildman–Crippen LogP) is 14.2. The molecule has 0 saturated carbocycles. The minimum atomic E-state index is -0.397. The van der Waals surface area contributed by atoms with Crippen LogP contribution in [0.2, 0.25) is 0 Å². The fourth-order valence-corrected chi connectivity index (χ4v) is 5.92. The van der Waals surface area contributed by atoms with E-state index in [1.54, 1.807) is 28.7 Å². The molecule has 3 aromatic carbocycles. The van der Waals surface area contributed by atoms with Crippen LogP contribution in [-0.4, -0.2) is 28.1 Å². The van der Waals surface area contributed by atoms with Gasteiger partial charge in [0, 0.05) is 59.9 Å². The van der Waals surface area contributed by atoms with Gasteiger partial charge in [0.05, 0.1) is 0 Å². The van der Waals surface area contributed by atoms with Gasteiger partial charge in [-0.05, 0) is 70.2 Å². The molecule has 3 aromatic heterocycles. The molecule has 6 rings (SSSR count). The molecule has 0 bridgehead atoms. The number of aromatic nitrogens is 2. The lowest BCUT2D eigenvalue weighted by Gasteiger charge is -2.06. The minimum absolute atomic E-state index is 0.163. The highest BCUT2D eigenvalue weighted by molar-refractivity contribution is 7.10. The average molecular weight is 856 g/mol. The third kappa shape index (κ3) is 28.4. The van der Waals surface area contributed by atoms with E-state index in [4.69, 9.17) is 0 Å². The van der Waals surface area contributed by atoms with Gasteiger partial charge in [-0.2, -0.15) is 4.39 Å². The van der Waals surface area contributed by atoms with Gasteiger partial charge >= 0.3 is 0 Å². The van der Waals surface area contributed by atoms with Crippen LogP contribution in [-0.2, 0) is 19.6 Å². The van der Waals surface area contributed by atoms with Gasteiger partial charge in [0.1, 0.15) is 10.8 Å². The van der Waals surface area contributed by atoms with Gasteiger partial charge in [-0.15, -0.1) is 22.7 Å². The average Bonchev–Trinajstić information content (AvgIpc) is 3.96. The van der Waals surface area contributed by atoms with Crippen molar-refractivity contribution >= 4 is 22.7 Å². The quantitative estimate of drug-likeness (QED) is 0.107. The highest BCUT2D eigenvalue weighted by atomic mass is 32.1. The summed E-state index contributed by atoms with van der Waals surface area (Å²) < 4.78 is 24.8. The molecule has 0 aliphatic rings.